The second-order valence-corrected chi connectivity index (χ2v) is 6.37. The van der Waals surface area contributed by atoms with Crippen LogP contribution in [0.25, 0.3) is 16.6 Å². The summed E-state index contributed by atoms with van der Waals surface area (Å²) in [6, 6.07) is 14.2. The molecule has 0 spiro atoms. The van der Waals surface area contributed by atoms with Gasteiger partial charge < -0.3 is 9.84 Å². The van der Waals surface area contributed by atoms with Crippen molar-refractivity contribution in [2.75, 3.05) is 7.11 Å². The first-order chi connectivity index (χ1) is 13.6. The van der Waals surface area contributed by atoms with Crippen molar-refractivity contribution in [1.29, 1.82) is 0 Å². The van der Waals surface area contributed by atoms with Crippen molar-refractivity contribution in [3.8, 4) is 5.88 Å². The first kappa shape index (κ1) is 17.7. The SMILES string of the molecule is COC(=O)C[C@@H](c1ccc2ncccc2c1)c1c(O)nc2ccccn2c1=O. The fourth-order valence-corrected chi connectivity index (χ4v) is 3.34. The number of methoxy groups -OCH3 is 1. The molecular weight excluding hydrogens is 358 g/mol. The molecule has 7 nitrogen and oxygen atoms in total. The van der Waals surface area contributed by atoms with Crippen molar-refractivity contribution in [2.24, 2.45) is 0 Å². The molecule has 0 saturated carbocycles. The summed E-state index contributed by atoms with van der Waals surface area (Å²) in [5.41, 5.74) is 1.44. The molecule has 0 bridgehead atoms. The zero-order valence-electron chi connectivity index (χ0n) is 15.1. The van der Waals surface area contributed by atoms with Crippen LogP contribution in [-0.4, -0.2) is 32.6 Å². The number of aromatic hydroxyl groups is 1. The topological polar surface area (TPSA) is 93.8 Å². The van der Waals surface area contributed by atoms with Crippen LogP contribution in [0.15, 0.2) is 65.7 Å². The summed E-state index contributed by atoms with van der Waals surface area (Å²) >= 11 is 0. The van der Waals surface area contributed by atoms with Gasteiger partial charge in [-0.15, -0.1) is 0 Å². The lowest BCUT2D eigenvalue weighted by Crippen LogP contribution is -2.24. The molecule has 0 aliphatic heterocycles. The van der Waals surface area contributed by atoms with Crippen molar-refractivity contribution >= 4 is 22.5 Å². The molecule has 0 radical (unpaired) electrons. The van der Waals surface area contributed by atoms with Crippen LogP contribution >= 0.6 is 0 Å². The van der Waals surface area contributed by atoms with Crippen LogP contribution < -0.4 is 5.56 Å². The Hall–Kier alpha value is -3.74. The standard InChI is InChI=1S/C21H17N3O4/c1-28-18(25)12-15(13-7-8-16-14(11-13)5-4-9-22-16)19-20(26)23-17-6-2-3-10-24(17)21(19)27/h2-11,15,26H,12H2,1H3/t15-/m0/s1. The minimum atomic E-state index is -0.714. The smallest absolute Gasteiger partial charge is 0.306 e. The summed E-state index contributed by atoms with van der Waals surface area (Å²) in [5, 5.41) is 11.4. The molecule has 3 aromatic heterocycles. The van der Waals surface area contributed by atoms with Gasteiger partial charge in [0, 0.05) is 23.7 Å². The normalized spacial score (nSPS) is 12.2. The minimum absolute atomic E-state index is 0.0531. The maximum Gasteiger partial charge on any atom is 0.306 e. The molecular formula is C21H17N3O4. The number of aromatic nitrogens is 3. The number of hydrogen-bond donors (Lipinski definition) is 1. The predicted octanol–water partition coefficient (Wildman–Crippen LogP) is 2.64. The molecule has 140 valence electrons. The van der Waals surface area contributed by atoms with Gasteiger partial charge in [0.2, 0.25) is 5.88 Å². The highest BCUT2D eigenvalue weighted by Crippen LogP contribution is 2.32. The summed E-state index contributed by atoms with van der Waals surface area (Å²) in [6.07, 6.45) is 3.16. The fraction of sp³-hybridized carbons (Fsp3) is 0.143. The first-order valence-electron chi connectivity index (χ1n) is 8.70. The van der Waals surface area contributed by atoms with Crippen LogP contribution in [0.4, 0.5) is 0 Å². The van der Waals surface area contributed by atoms with Gasteiger partial charge in [-0.3, -0.25) is 19.0 Å². The molecule has 0 aliphatic carbocycles. The molecule has 4 rings (SSSR count). The number of carbonyl (C=O) groups excluding carboxylic acids is 1. The summed E-state index contributed by atoms with van der Waals surface area (Å²) < 4.78 is 6.17. The molecule has 4 aromatic rings. The molecule has 7 heteroatoms. The minimum Gasteiger partial charge on any atom is -0.493 e. The first-order valence-corrected chi connectivity index (χ1v) is 8.70. The van der Waals surface area contributed by atoms with Crippen LogP contribution in [-0.2, 0) is 9.53 Å². The average molecular weight is 375 g/mol. The summed E-state index contributed by atoms with van der Waals surface area (Å²) in [5.74, 6) is -1.60. The molecule has 0 unspecified atom stereocenters. The van der Waals surface area contributed by atoms with E-state index in [0.29, 0.717) is 11.2 Å². The summed E-state index contributed by atoms with van der Waals surface area (Å²) in [6.45, 7) is 0. The number of nitrogens with zero attached hydrogens (tertiary/aromatic N) is 3. The van der Waals surface area contributed by atoms with Crippen molar-refractivity contribution in [1.82, 2.24) is 14.4 Å². The Labute approximate surface area is 159 Å². The number of pyridine rings is 2. The van der Waals surface area contributed by atoms with Crippen LogP contribution in [0.3, 0.4) is 0 Å². The highest BCUT2D eigenvalue weighted by molar-refractivity contribution is 5.80. The Morgan fingerprint density at radius 1 is 1.21 bits per heavy atom. The summed E-state index contributed by atoms with van der Waals surface area (Å²) in [7, 11) is 1.29. The van der Waals surface area contributed by atoms with Crippen LogP contribution in [0.1, 0.15) is 23.5 Å². The van der Waals surface area contributed by atoms with E-state index in [9.17, 15) is 14.7 Å². The van der Waals surface area contributed by atoms with E-state index in [4.69, 9.17) is 4.74 Å². The van der Waals surface area contributed by atoms with E-state index < -0.39 is 23.3 Å². The third-order valence-corrected chi connectivity index (χ3v) is 4.73. The van der Waals surface area contributed by atoms with Gasteiger partial charge in [-0.1, -0.05) is 18.2 Å². The van der Waals surface area contributed by atoms with Gasteiger partial charge in [-0.25, -0.2) is 0 Å². The number of carbonyl (C=O) groups is 1. The van der Waals surface area contributed by atoms with Crippen molar-refractivity contribution in [3.05, 3.63) is 82.4 Å². The Morgan fingerprint density at radius 2 is 2.07 bits per heavy atom. The Balaban J connectivity index is 1.95. The number of fused-ring (bicyclic) bond motifs is 2. The zero-order chi connectivity index (χ0) is 19.7. The van der Waals surface area contributed by atoms with E-state index in [1.165, 1.54) is 11.5 Å². The highest BCUT2D eigenvalue weighted by Gasteiger charge is 2.27. The third kappa shape index (κ3) is 3.07. The molecule has 0 aliphatic rings. The Morgan fingerprint density at radius 3 is 2.89 bits per heavy atom. The predicted molar refractivity (Wildman–Crippen MR) is 103 cm³/mol. The molecule has 1 aromatic carbocycles. The largest absolute Gasteiger partial charge is 0.493 e. The summed E-state index contributed by atoms with van der Waals surface area (Å²) in [4.78, 5) is 33.6. The van der Waals surface area contributed by atoms with E-state index >= 15 is 0 Å². The van der Waals surface area contributed by atoms with Gasteiger partial charge in [-0.05, 0) is 35.9 Å². The second kappa shape index (κ2) is 7.11. The lowest BCUT2D eigenvalue weighted by atomic mass is 9.88. The van der Waals surface area contributed by atoms with Crippen LogP contribution in [0.2, 0.25) is 0 Å². The number of rotatable bonds is 4. The van der Waals surface area contributed by atoms with E-state index in [2.05, 4.69) is 9.97 Å². The average Bonchev–Trinajstić information content (AvgIpc) is 2.72. The second-order valence-electron chi connectivity index (χ2n) is 6.37. The Bertz CT molecular complexity index is 1250. The van der Waals surface area contributed by atoms with Gasteiger partial charge in [0.1, 0.15) is 5.65 Å². The van der Waals surface area contributed by atoms with Gasteiger partial charge >= 0.3 is 5.97 Å². The Kier molecular flexibility index (Phi) is 4.49. The molecule has 1 N–H and O–H groups in total. The lowest BCUT2D eigenvalue weighted by Gasteiger charge is -2.18. The van der Waals surface area contributed by atoms with Crippen LogP contribution in [0.5, 0.6) is 5.88 Å². The molecule has 0 fully saturated rings. The van der Waals surface area contributed by atoms with Gasteiger partial charge in [0.25, 0.3) is 5.56 Å². The number of benzene rings is 1. The lowest BCUT2D eigenvalue weighted by molar-refractivity contribution is -0.140. The van der Waals surface area contributed by atoms with E-state index in [0.717, 1.165) is 10.9 Å². The highest BCUT2D eigenvalue weighted by atomic mass is 16.5. The number of hydrogen-bond acceptors (Lipinski definition) is 6. The molecule has 28 heavy (non-hydrogen) atoms. The monoisotopic (exact) mass is 375 g/mol. The fourth-order valence-electron chi connectivity index (χ4n) is 3.34. The molecule has 0 saturated heterocycles. The van der Waals surface area contributed by atoms with E-state index in [1.807, 2.05) is 24.3 Å². The van der Waals surface area contributed by atoms with Crippen molar-refractivity contribution < 1.29 is 14.6 Å². The maximum absolute atomic E-state index is 13.1. The van der Waals surface area contributed by atoms with Gasteiger partial charge in [0.15, 0.2) is 0 Å². The molecule has 0 amide bonds. The van der Waals surface area contributed by atoms with Gasteiger partial charge in [-0.2, -0.15) is 4.98 Å². The number of ether oxygens (including phenoxy) is 1. The van der Waals surface area contributed by atoms with Crippen molar-refractivity contribution in [2.45, 2.75) is 12.3 Å². The van der Waals surface area contributed by atoms with E-state index in [1.54, 1.807) is 36.7 Å². The number of esters is 1. The maximum atomic E-state index is 13.1. The zero-order valence-corrected chi connectivity index (χ0v) is 15.1. The third-order valence-electron chi connectivity index (χ3n) is 4.73. The molecule has 3 heterocycles. The van der Waals surface area contributed by atoms with E-state index in [-0.39, 0.29) is 12.0 Å². The van der Waals surface area contributed by atoms with Crippen LogP contribution in [0, 0.1) is 0 Å². The van der Waals surface area contributed by atoms with Crippen molar-refractivity contribution in [3.63, 3.8) is 0 Å². The molecule has 1 atom stereocenters. The quantitative estimate of drug-likeness (QED) is 0.551. The van der Waals surface area contributed by atoms with Gasteiger partial charge in [0.05, 0.1) is 24.6 Å².